The van der Waals surface area contributed by atoms with Gasteiger partial charge in [0.05, 0.1) is 5.56 Å². The fourth-order valence-corrected chi connectivity index (χ4v) is 2.28. The minimum absolute atomic E-state index is 0.133. The number of nitrogens with one attached hydrogen (secondary N) is 2. The fourth-order valence-electron chi connectivity index (χ4n) is 2.28. The third kappa shape index (κ3) is 1.97. The number of fused-ring (bicyclic) bond motifs is 2. The number of nitrogens with zero attached hydrogens (tertiary/aromatic N) is 1. The van der Waals surface area contributed by atoms with Crippen LogP contribution in [0.15, 0.2) is 24.3 Å². The van der Waals surface area contributed by atoms with E-state index in [0.29, 0.717) is 0 Å². The topological polar surface area (TPSA) is 129 Å². The van der Waals surface area contributed by atoms with E-state index in [1.807, 2.05) is 0 Å². The molecule has 0 spiro atoms. The van der Waals surface area contributed by atoms with Crippen molar-refractivity contribution in [3.63, 3.8) is 0 Å². The second-order valence-corrected chi connectivity index (χ2v) is 4.60. The van der Waals surface area contributed by atoms with E-state index in [0.717, 1.165) is 0 Å². The molecule has 0 aliphatic heterocycles. The minimum atomic E-state index is -1.23. The third-order valence-electron chi connectivity index (χ3n) is 3.25. The number of hydrogen-bond donors (Lipinski definition) is 3. The van der Waals surface area contributed by atoms with E-state index < -0.39 is 30.0 Å². The zero-order valence-electron chi connectivity index (χ0n) is 11.0. The summed E-state index contributed by atoms with van der Waals surface area (Å²) in [6.45, 7) is -0.606. The summed E-state index contributed by atoms with van der Waals surface area (Å²) in [6.07, 6.45) is 0. The van der Waals surface area contributed by atoms with E-state index in [1.165, 1.54) is 12.1 Å². The Bertz CT molecular complexity index is 837. The highest BCUT2D eigenvalue weighted by Crippen LogP contribution is 2.27. The molecule has 2 aromatic rings. The summed E-state index contributed by atoms with van der Waals surface area (Å²) in [7, 11) is 0. The molecular weight excluding hydrogens is 290 g/mol. The molecule has 8 nitrogen and oxygen atoms in total. The van der Waals surface area contributed by atoms with Crippen LogP contribution >= 0.6 is 0 Å². The molecule has 1 aliphatic rings. The van der Waals surface area contributed by atoms with Gasteiger partial charge in [-0.2, -0.15) is 5.10 Å². The van der Waals surface area contributed by atoms with Gasteiger partial charge in [0.1, 0.15) is 17.9 Å². The molecule has 1 heterocycles. The summed E-state index contributed by atoms with van der Waals surface area (Å²) in [6, 6.07) is 6.24. The molecule has 0 unspecified atom stereocenters. The number of carbonyl (C=O) groups is 4. The molecule has 1 aromatic heterocycles. The summed E-state index contributed by atoms with van der Waals surface area (Å²) in [5.74, 6) is -3.00. The average Bonchev–Trinajstić information content (AvgIpc) is 2.95. The van der Waals surface area contributed by atoms with Crippen LogP contribution in [0.4, 0.5) is 0 Å². The van der Waals surface area contributed by atoms with Crippen molar-refractivity contribution in [2.75, 3.05) is 6.54 Å². The van der Waals surface area contributed by atoms with E-state index in [4.69, 9.17) is 5.11 Å². The molecule has 110 valence electrons. The maximum Gasteiger partial charge on any atom is 0.322 e. The monoisotopic (exact) mass is 299 g/mol. The lowest BCUT2D eigenvalue weighted by Crippen LogP contribution is -2.31. The number of aliphatic carboxylic acids is 1. The van der Waals surface area contributed by atoms with Gasteiger partial charge in [-0.1, -0.05) is 24.3 Å². The van der Waals surface area contributed by atoms with Crippen molar-refractivity contribution < 1.29 is 24.3 Å². The Balaban J connectivity index is 2.05. The van der Waals surface area contributed by atoms with E-state index in [9.17, 15) is 19.2 Å². The van der Waals surface area contributed by atoms with Gasteiger partial charge in [-0.3, -0.25) is 24.3 Å². The number of benzene rings is 1. The molecule has 0 saturated heterocycles. The number of carbonyl (C=O) groups excluding carboxylic acids is 3. The van der Waals surface area contributed by atoms with Gasteiger partial charge in [0.2, 0.25) is 5.78 Å². The zero-order valence-corrected chi connectivity index (χ0v) is 11.0. The molecule has 0 fully saturated rings. The predicted molar refractivity (Wildman–Crippen MR) is 71.9 cm³/mol. The molecule has 1 amide bonds. The Labute approximate surface area is 123 Å². The van der Waals surface area contributed by atoms with Crippen LogP contribution < -0.4 is 5.32 Å². The van der Waals surface area contributed by atoms with E-state index in [2.05, 4.69) is 15.5 Å². The number of carboxylic acids is 1. The van der Waals surface area contributed by atoms with Crippen LogP contribution in [0, 0.1) is 0 Å². The highest BCUT2D eigenvalue weighted by Gasteiger charge is 2.36. The summed E-state index contributed by atoms with van der Waals surface area (Å²) in [5.41, 5.74) is -0.0717. The summed E-state index contributed by atoms with van der Waals surface area (Å²) in [5, 5.41) is 16.8. The Hall–Kier alpha value is -3.29. The standard InChI is InChI=1S/C14H9N3O5/c18-8(19)5-15-14(22)11-9-10(16-17-11)13(21)7-4-2-1-3-6(7)12(9)20/h1-4H,5H2,(H,15,22)(H,16,17)(H,18,19). The Kier molecular flexibility index (Phi) is 3.06. The first-order valence-electron chi connectivity index (χ1n) is 6.27. The molecule has 0 atom stereocenters. The van der Waals surface area contributed by atoms with E-state index >= 15 is 0 Å². The first-order valence-corrected chi connectivity index (χ1v) is 6.27. The van der Waals surface area contributed by atoms with Crippen LogP contribution in [0.25, 0.3) is 0 Å². The highest BCUT2D eigenvalue weighted by atomic mass is 16.4. The molecule has 0 saturated carbocycles. The summed E-state index contributed by atoms with van der Waals surface area (Å²) >= 11 is 0. The van der Waals surface area contributed by atoms with Crippen molar-refractivity contribution in [3.8, 4) is 0 Å². The molecule has 3 rings (SSSR count). The third-order valence-corrected chi connectivity index (χ3v) is 3.25. The lowest BCUT2D eigenvalue weighted by molar-refractivity contribution is -0.135. The van der Waals surface area contributed by atoms with Gasteiger partial charge < -0.3 is 10.4 Å². The van der Waals surface area contributed by atoms with Crippen LogP contribution in [0.2, 0.25) is 0 Å². The first-order chi connectivity index (χ1) is 10.5. The molecule has 1 aromatic carbocycles. The zero-order chi connectivity index (χ0) is 15.9. The average molecular weight is 299 g/mol. The maximum absolute atomic E-state index is 12.5. The van der Waals surface area contributed by atoms with Crippen molar-refractivity contribution >= 4 is 23.4 Å². The Morgan fingerprint density at radius 3 is 2.41 bits per heavy atom. The van der Waals surface area contributed by atoms with Crippen molar-refractivity contribution in [1.82, 2.24) is 15.5 Å². The van der Waals surface area contributed by atoms with E-state index in [-0.39, 0.29) is 28.1 Å². The normalized spacial score (nSPS) is 12.5. The quantitative estimate of drug-likeness (QED) is 0.624. The fraction of sp³-hybridized carbons (Fsp3) is 0.0714. The number of aromatic nitrogens is 2. The van der Waals surface area contributed by atoms with Gasteiger partial charge >= 0.3 is 5.97 Å². The second kappa shape index (κ2) is 4.92. The van der Waals surface area contributed by atoms with Crippen LogP contribution in [-0.4, -0.2) is 45.3 Å². The second-order valence-electron chi connectivity index (χ2n) is 4.60. The van der Waals surface area contributed by atoms with Gasteiger partial charge in [0.15, 0.2) is 5.78 Å². The molecule has 8 heteroatoms. The van der Waals surface area contributed by atoms with Gasteiger partial charge in [0, 0.05) is 11.1 Å². The van der Waals surface area contributed by atoms with Crippen LogP contribution in [0.3, 0.4) is 0 Å². The number of hydrogen-bond acceptors (Lipinski definition) is 5. The molecule has 3 N–H and O–H groups in total. The molecular formula is C14H9N3O5. The van der Waals surface area contributed by atoms with Gasteiger partial charge in [-0.25, -0.2) is 0 Å². The molecule has 1 aliphatic carbocycles. The lowest BCUT2D eigenvalue weighted by Gasteiger charge is -2.13. The van der Waals surface area contributed by atoms with Gasteiger partial charge in [-0.05, 0) is 0 Å². The van der Waals surface area contributed by atoms with E-state index in [1.54, 1.807) is 12.1 Å². The largest absolute Gasteiger partial charge is 0.480 e. The molecule has 0 bridgehead atoms. The maximum atomic E-state index is 12.5. The number of aromatic amines is 1. The summed E-state index contributed by atoms with van der Waals surface area (Å²) < 4.78 is 0. The number of ketones is 2. The van der Waals surface area contributed by atoms with Crippen LogP contribution in [-0.2, 0) is 4.79 Å². The number of rotatable bonds is 3. The number of carboxylic acid groups (broad SMARTS) is 1. The Morgan fingerprint density at radius 1 is 1.14 bits per heavy atom. The molecule has 0 radical (unpaired) electrons. The van der Waals surface area contributed by atoms with Gasteiger partial charge in [-0.15, -0.1) is 0 Å². The Morgan fingerprint density at radius 2 is 1.77 bits per heavy atom. The van der Waals surface area contributed by atoms with Crippen molar-refractivity contribution in [2.24, 2.45) is 0 Å². The SMILES string of the molecule is O=C(O)CNC(=O)c1[nH]nc2c1C(=O)c1ccccc1C2=O. The van der Waals surface area contributed by atoms with Crippen LogP contribution in [0.1, 0.15) is 42.5 Å². The predicted octanol–water partition coefficient (Wildman–Crippen LogP) is -0.000500. The van der Waals surface area contributed by atoms with Crippen molar-refractivity contribution in [3.05, 3.63) is 52.3 Å². The highest BCUT2D eigenvalue weighted by molar-refractivity contribution is 6.29. The van der Waals surface area contributed by atoms with Crippen molar-refractivity contribution in [1.29, 1.82) is 0 Å². The first kappa shape index (κ1) is 13.7. The van der Waals surface area contributed by atoms with Crippen LogP contribution in [0.5, 0.6) is 0 Å². The minimum Gasteiger partial charge on any atom is -0.480 e. The number of H-pyrrole nitrogens is 1. The van der Waals surface area contributed by atoms with Crippen molar-refractivity contribution in [2.45, 2.75) is 0 Å². The lowest BCUT2D eigenvalue weighted by atomic mass is 9.87. The summed E-state index contributed by atoms with van der Waals surface area (Å²) in [4.78, 5) is 47.2. The van der Waals surface area contributed by atoms with Gasteiger partial charge in [0.25, 0.3) is 5.91 Å². The number of amides is 1. The smallest absolute Gasteiger partial charge is 0.322 e. The molecule has 22 heavy (non-hydrogen) atoms.